The Kier molecular flexibility index (Phi) is 6.22. The van der Waals surface area contributed by atoms with Gasteiger partial charge in [0.15, 0.2) is 0 Å². The number of nitrogens with one attached hydrogen (secondary N) is 1. The largest absolute Gasteiger partial charge is 0.496 e. The molecule has 0 bridgehead atoms. The van der Waals surface area contributed by atoms with Crippen LogP contribution in [-0.2, 0) is 6.54 Å². The Morgan fingerprint density at radius 2 is 2.28 bits per heavy atom. The molecule has 1 aliphatic heterocycles. The number of nitrogens with zero attached hydrogens (tertiary/aromatic N) is 1. The minimum Gasteiger partial charge on any atom is -0.496 e. The van der Waals surface area contributed by atoms with Gasteiger partial charge in [-0.25, -0.2) is 0 Å². The fourth-order valence-corrected chi connectivity index (χ4v) is 2.48. The van der Waals surface area contributed by atoms with E-state index in [4.69, 9.17) is 16.3 Å². The number of likely N-dealkylation sites (N-methyl/N-ethyl adjacent to an activating group) is 1. The van der Waals surface area contributed by atoms with Crippen LogP contribution in [0.15, 0.2) is 18.2 Å². The SMILES string of the molecule is COc1ccc(Cl)cc1CN(C)C1CCNC1.Cl. The third kappa shape index (κ3) is 3.75. The minimum absolute atomic E-state index is 0. The van der Waals surface area contributed by atoms with Gasteiger partial charge in [0.25, 0.3) is 0 Å². The highest BCUT2D eigenvalue weighted by Crippen LogP contribution is 2.24. The molecule has 0 aromatic heterocycles. The molecule has 0 spiro atoms. The number of hydrogen-bond acceptors (Lipinski definition) is 3. The normalized spacial score (nSPS) is 18.8. The van der Waals surface area contributed by atoms with Gasteiger partial charge in [0.2, 0.25) is 0 Å². The maximum atomic E-state index is 6.03. The molecular weight excluding hydrogens is 271 g/mol. The molecule has 1 atom stereocenters. The van der Waals surface area contributed by atoms with Crippen LogP contribution in [-0.4, -0.2) is 38.2 Å². The average molecular weight is 291 g/mol. The van der Waals surface area contributed by atoms with Crippen LogP contribution in [0, 0.1) is 0 Å². The van der Waals surface area contributed by atoms with Crippen LogP contribution in [0.5, 0.6) is 5.75 Å². The first-order chi connectivity index (χ1) is 8.20. The zero-order valence-corrected chi connectivity index (χ0v) is 12.4. The lowest BCUT2D eigenvalue weighted by molar-refractivity contribution is 0.245. The molecule has 0 saturated carbocycles. The number of benzene rings is 1. The van der Waals surface area contributed by atoms with E-state index in [1.54, 1.807) is 7.11 Å². The number of methoxy groups -OCH3 is 1. The van der Waals surface area contributed by atoms with Crippen molar-refractivity contribution in [3.63, 3.8) is 0 Å². The lowest BCUT2D eigenvalue weighted by atomic mass is 10.1. The number of rotatable bonds is 4. The Hall–Kier alpha value is -0.480. The Labute approximate surface area is 120 Å². The molecule has 3 nitrogen and oxygen atoms in total. The van der Waals surface area contributed by atoms with E-state index in [-0.39, 0.29) is 12.4 Å². The molecule has 1 aliphatic rings. The molecule has 0 amide bonds. The molecule has 1 aromatic rings. The van der Waals surface area contributed by atoms with Crippen molar-refractivity contribution in [2.45, 2.75) is 19.0 Å². The summed E-state index contributed by atoms with van der Waals surface area (Å²) in [5, 5.41) is 4.14. The van der Waals surface area contributed by atoms with E-state index in [0.29, 0.717) is 6.04 Å². The minimum atomic E-state index is 0. The van der Waals surface area contributed by atoms with E-state index < -0.39 is 0 Å². The molecule has 1 N–H and O–H groups in total. The first-order valence-electron chi connectivity index (χ1n) is 5.94. The monoisotopic (exact) mass is 290 g/mol. The van der Waals surface area contributed by atoms with E-state index in [9.17, 15) is 0 Å². The standard InChI is InChI=1S/C13H19ClN2O.ClH/c1-16(12-5-6-15-8-12)9-10-7-11(14)3-4-13(10)17-2;/h3-4,7,12,15H,5-6,8-9H2,1-2H3;1H. The Morgan fingerprint density at radius 3 is 2.89 bits per heavy atom. The van der Waals surface area contributed by atoms with Gasteiger partial charge in [0.05, 0.1) is 7.11 Å². The predicted octanol–water partition coefficient (Wildman–Crippen LogP) is 2.56. The van der Waals surface area contributed by atoms with Gasteiger partial charge in [0.1, 0.15) is 5.75 Å². The topological polar surface area (TPSA) is 24.5 Å². The maximum absolute atomic E-state index is 6.03. The first-order valence-corrected chi connectivity index (χ1v) is 6.32. The summed E-state index contributed by atoms with van der Waals surface area (Å²) < 4.78 is 5.36. The van der Waals surface area contributed by atoms with Gasteiger partial charge in [-0.05, 0) is 38.2 Å². The number of hydrogen-bond donors (Lipinski definition) is 1. The summed E-state index contributed by atoms with van der Waals surface area (Å²) in [6, 6.07) is 6.39. The first kappa shape index (κ1) is 15.6. The van der Waals surface area contributed by atoms with E-state index in [1.807, 2.05) is 18.2 Å². The molecule has 1 unspecified atom stereocenters. The summed E-state index contributed by atoms with van der Waals surface area (Å²) in [6.07, 6.45) is 1.21. The van der Waals surface area contributed by atoms with E-state index in [2.05, 4.69) is 17.3 Å². The zero-order chi connectivity index (χ0) is 12.3. The summed E-state index contributed by atoms with van der Waals surface area (Å²) >= 11 is 6.03. The van der Waals surface area contributed by atoms with E-state index in [0.717, 1.165) is 36.0 Å². The van der Waals surface area contributed by atoms with E-state index >= 15 is 0 Å². The van der Waals surface area contributed by atoms with Gasteiger partial charge in [-0.1, -0.05) is 11.6 Å². The summed E-state index contributed by atoms with van der Waals surface area (Å²) in [6.45, 7) is 3.05. The molecule has 1 heterocycles. The number of halogens is 2. The van der Waals surface area contributed by atoms with Gasteiger partial charge in [-0.2, -0.15) is 0 Å². The maximum Gasteiger partial charge on any atom is 0.123 e. The van der Waals surface area contributed by atoms with Gasteiger partial charge in [-0.3, -0.25) is 4.90 Å². The molecule has 102 valence electrons. The fourth-order valence-electron chi connectivity index (χ4n) is 2.28. The van der Waals surface area contributed by atoms with Gasteiger partial charge in [0, 0.05) is 29.7 Å². The van der Waals surface area contributed by atoms with E-state index in [1.165, 1.54) is 6.42 Å². The summed E-state index contributed by atoms with van der Waals surface area (Å²) in [7, 11) is 3.85. The van der Waals surface area contributed by atoms with Crippen molar-refractivity contribution >= 4 is 24.0 Å². The lowest BCUT2D eigenvalue weighted by Gasteiger charge is -2.24. The zero-order valence-electron chi connectivity index (χ0n) is 10.8. The highest BCUT2D eigenvalue weighted by molar-refractivity contribution is 6.30. The second-order valence-corrected chi connectivity index (χ2v) is 4.95. The van der Waals surface area contributed by atoms with Gasteiger partial charge < -0.3 is 10.1 Å². The van der Waals surface area contributed by atoms with Crippen LogP contribution < -0.4 is 10.1 Å². The molecule has 2 rings (SSSR count). The van der Waals surface area contributed by atoms with Crippen LogP contribution in [0.3, 0.4) is 0 Å². The van der Waals surface area contributed by atoms with Crippen LogP contribution in [0.2, 0.25) is 5.02 Å². The molecule has 0 aliphatic carbocycles. The van der Waals surface area contributed by atoms with Gasteiger partial charge >= 0.3 is 0 Å². The third-order valence-electron chi connectivity index (χ3n) is 3.32. The van der Waals surface area contributed by atoms with Crippen LogP contribution >= 0.6 is 24.0 Å². The lowest BCUT2D eigenvalue weighted by Crippen LogP contribution is -2.32. The predicted molar refractivity (Wildman–Crippen MR) is 78.0 cm³/mol. The molecule has 18 heavy (non-hydrogen) atoms. The highest BCUT2D eigenvalue weighted by atomic mass is 35.5. The summed E-state index contributed by atoms with van der Waals surface area (Å²) in [5.41, 5.74) is 1.15. The van der Waals surface area contributed by atoms with Crippen molar-refractivity contribution in [1.29, 1.82) is 0 Å². The van der Waals surface area contributed by atoms with Crippen LogP contribution in [0.25, 0.3) is 0 Å². The average Bonchev–Trinajstić information content (AvgIpc) is 2.83. The van der Waals surface area contributed by atoms with Crippen molar-refractivity contribution in [3.8, 4) is 5.75 Å². The molecule has 1 saturated heterocycles. The number of ether oxygens (including phenoxy) is 1. The summed E-state index contributed by atoms with van der Waals surface area (Å²) in [4.78, 5) is 2.36. The smallest absolute Gasteiger partial charge is 0.123 e. The molecule has 0 radical (unpaired) electrons. The second-order valence-electron chi connectivity index (χ2n) is 4.52. The van der Waals surface area contributed by atoms with Crippen molar-refractivity contribution in [1.82, 2.24) is 10.2 Å². The third-order valence-corrected chi connectivity index (χ3v) is 3.55. The molecular formula is C13H20Cl2N2O. The molecule has 5 heteroatoms. The highest BCUT2D eigenvalue weighted by Gasteiger charge is 2.20. The Bertz CT molecular complexity index is 381. The quantitative estimate of drug-likeness (QED) is 0.922. The van der Waals surface area contributed by atoms with Crippen molar-refractivity contribution in [2.75, 3.05) is 27.2 Å². The summed E-state index contributed by atoms with van der Waals surface area (Å²) in [5.74, 6) is 0.909. The fraction of sp³-hybridized carbons (Fsp3) is 0.538. The van der Waals surface area contributed by atoms with Crippen LogP contribution in [0.1, 0.15) is 12.0 Å². The van der Waals surface area contributed by atoms with Crippen molar-refractivity contribution in [2.24, 2.45) is 0 Å². The van der Waals surface area contributed by atoms with Gasteiger partial charge in [-0.15, -0.1) is 12.4 Å². The Morgan fingerprint density at radius 1 is 1.50 bits per heavy atom. The molecule has 1 aromatic carbocycles. The van der Waals surface area contributed by atoms with Crippen molar-refractivity contribution < 1.29 is 4.74 Å². The van der Waals surface area contributed by atoms with Crippen LogP contribution in [0.4, 0.5) is 0 Å². The van der Waals surface area contributed by atoms with Crippen molar-refractivity contribution in [3.05, 3.63) is 28.8 Å². The Balaban J connectivity index is 0.00000162. The second kappa shape index (κ2) is 7.19. The molecule has 1 fully saturated rings.